The van der Waals surface area contributed by atoms with E-state index in [1.807, 2.05) is 6.07 Å². The van der Waals surface area contributed by atoms with Crippen LogP contribution in [0.3, 0.4) is 0 Å². The van der Waals surface area contributed by atoms with Crippen LogP contribution in [-0.4, -0.2) is 28.2 Å². The van der Waals surface area contributed by atoms with Crippen LogP contribution in [0.1, 0.15) is 0 Å². The number of fused-ring (bicyclic) bond motifs is 13. The van der Waals surface area contributed by atoms with Crippen LogP contribution < -0.4 is 0 Å². The van der Waals surface area contributed by atoms with E-state index in [0.29, 0.717) is 5.82 Å². The molecule has 5 aromatic heterocycles. The minimum Gasteiger partial charge on any atom is -0.309 e. The molecule has 0 radical (unpaired) electrons. The number of benzene rings is 13. The Balaban J connectivity index is 0.844. The lowest BCUT2D eigenvalue weighted by molar-refractivity contribution is 1.13. The van der Waals surface area contributed by atoms with Crippen molar-refractivity contribution in [3.05, 3.63) is 303 Å². The van der Waals surface area contributed by atoms with E-state index in [9.17, 15) is 0 Å². The first-order chi connectivity index (χ1) is 42.6. The maximum Gasteiger partial charge on any atom is 0.160 e. The molecule has 0 fully saturated rings. The van der Waals surface area contributed by atoms with Gasteiger partial charge in [-0.25, -0.2) is 9.97 Å². The quantitative estimate of drug-likeness (QED) is 0.152. The summed E-state index contributed by atoms with van der Waals surface area (Å²) in [6, 6.07) is 110. The molecule has 0 aliphatic heterocycles. The van der Waals surface area contributed by atoms with Crippen LogP contribution in [-0.2, 0) is 0 Å². The summed E-state index contributed by atoms with van der Waals surface area (Å²) in [5.74, 6) is 0.686. The summed E-state index contributed by atoms with van der Waals surface area (Å²) in [5, 5.41) is 10.7. The molecule has 0 aliphatic rings. The van der Waals surface area contributed by atoms with E-state index in [2.05, 4.69) is 316 Å². The van der Waals surface area contributed by atoms with Gasteiger partial charge < -0.3 is 18.3 Å². The fourth-order valence-corrected chi connectivity index (χ4v) is 13.9. The second-order valence-electron chi connectivity index (χ2n) is 22.5. The molecule has 0 saturated carbocycles. The second-order valence-corrected chi connectivity index (χ2v) is 22.5. The average Bonchev–Trinajstić information content (AvgIpc) is 2.18. The van der Waals surface area contributed by atoms with Crippen LogP contribution in [0.5, 0.6) is 0 Å². The molecule has 13 aromatic carbocycles. The van der Waals surface area contributed by atoms with Gasteiger partial charge in [-0.05, 0) is 144 Å². The Morgan fingerprint density at radius 1 is 0.186 bits per heavy atom. The number of hydrogen-bond acceptors (Lipinski definition) is 2. The van der Waals surface area contributed by atoms with Crippen LogP contribution >= 0.6 is 0 Å². The summed E-state index contributed by atoms with van der Waals surface area (Å²) in [6.45, 7) is 0. The molecule has 18 rings (SSSR count). The van der Waals surface area contributed by atoms with Crippen LogP contribution in [0.2, 0.25) is 0 Å². The number of aromatic nitrogens is 6. The topological polar surface area (TPSA) is 45.5 Å². The molecular formula is C80H50N6. The number of para-hydroxylation sites is 7. The van der Waals surface area contributed by atoms with Crippen molar-refractivity contribution in [1.29, 1.82) is 0 Å². The minimum atomic E-state index is 0.686. The minimum absolute atomic E-state index is 0.686. The maximum atomic E-state index is 5.51. The fourth-order valence-electron chi connectivity index (χ4n) is 13.9. The molecule has 0 bridgehead atoms. The molecule has 0 N–H and O–H groups in total. The summed E-state index contributed by atoms with van der Waals surface area (Å²) in [7, 11) is 0. The zero-order valence-electron chi connectivity index (χ0n) is 46.6. The molecule has 5 heterocycles. The smallest absolute Gasteiger partial charge is 0.160 e. The molecule has 0 saturated heterocycles. The Kier molecular flexibility index (Phi) is 10.6. The monoisotopic (exact) mass is 1090 g/mol. The number of nitrogens with zero attached hydrogens (tertiary/aromatic N) is 6. The van der Waals surface area contributed by atoms with E-state index in [-0.39, 0.29) is 0 Å². The molecule has 6 nitrogen and oxygen atoms in total. The van der Waals surface area contributed by atoms with E-state index in [1.165, 1.54) is 76.3 Å². The SMILES string of the molecule is c1ccc(-c2nc(-c3cc(-n4c5ccccc5c5cc(-c6ccc7c(c6)c6ccccc6n7-c6ccccc6)ccc54)cc(-n4c5ccccc5c5cc(-c6ccc7c(c6)c6ccccc6n7-c6ccccc6)ccc54)c3)c3ccccc3n2)cc1. The Morgan fingerprint density at radius 3 is 0.895 bits per heavy atom. The third-order valence-corrected chi connectivity index (χ3v) is 17.7. The van der Waals surface area contributed by atoms with Gasteiger partial charge in [-0.2, -0.15) is 0 Å². The molecule has 400 valence electrons. The lowest BCUT2D eigenvalue weighted by atomic mass is 10.0. The van der Waals surface area contributed by atoms with Gasteiger partial charge in [0, 0.05) is 82.4 Å². The highest BCUT2D eigenvalue weighted by Gasteiger charge is 2.22. The predicted molar refractivity (Wildman–Crippen MR) is 359 cm³/mol. The van der Waals surface area contributed by atoms with Gasteiger partial charge in [-0.1, -0.05) is 182 Å². The van der Waals surface area contributed by atoms with Gasteiger partial charge in [0.25, 0.3) is 0 Å². The second kappa shape index (κ2) is 19.0. The third kappa shape index (κ3) is 7.40. The average molecular weight is 1100 g/mol. The first-order valence-electron chi connectivity index (χ1n) is 29.4. The highest BCUT2D eigenvalue weighted by atomic mass is 15.0. The van der Waals surface area contributed by atoms with Crippen molar-refractivity contribution >= 4 is 98.1 Å². The largest absolute Gasteiger partial charge is 0.309 e. The molecule has 0 spiro atoms. The van der Waals surface area contributed by atoms with E-state index < -0.39 is 0 Å². The molecule has 86 heavy (non-hydrogen) atoms. The van der Waals surface area contributed by atoms with Gasteiger partial charge in [-0.3, -0.25) is 0 Å². The first kappa shape index (κ1) is 48.0. The highest BCUT2D eigenvalue weighted by Crippen LogP contribution is 2.43. The van der Waals surface area contributed by atoms with Crippen molar-refractivity contribution in [3.8, 4) is 67.6 Å². The van der Waals surface area contributed by atoms with Crippen molar-refractivity contribution in [2.24, 2.45) is 0 Å². The molecule has 0 aliphatic carbocycles. The van der Waals surface area contributed by atoms with Gasteiger partial charge in [0.1, 0.15) is 0 Å². The van der Waals surface area contributed by atoms with Gasteiger partial charge in [0.05, 0.1) is 55.3 Å². The first-order valence-corrected chi connectivity index (χ1v) is 29.4. The lowest BCUT2D eigenvalue weighted by Gasteiger charge is -2.17. The van der Waals surface area contributed by atoms with Crippen LogP contribution in [0.4, 0.5) is 0 Å². The van der Waals surface area contributed by atoms with Crippen molar-refractivity contribution in [3.63, 3.8) is 0 Å². The van der Waals surface area contributed by atoms with E-state index in [4.69, 9.17) is 9.97 Å². The van der Waals surface area contributed by atoms with E-state index >= 15 is 0 Å². The Hall–Kier alpha value is -11.6. The van der Waals surface area contributed by atoms with Crippen LogP contribution in [0.15, 0.2) is 303 Å². The predicted octanol–water partition coefficient (Wildman–Crippen LogP) is 20.7. The summed E-state index contributed by atoms with van der Waals surface area (Å²) in [6.07, 6.45) is 0. The molecule has 0 amide bonds. The highest BCUT2D eigenvalue weighted by molar-refractivity contribution is 6.15. The van der Waals surface area contributed by atoms with E-state index in [0.717, 1.165) is 83.7 Å². The summed E-state index contributed by atoms with van der Waals surface area (Å²) in [5.41, 5.74) is 22.0. The van der Waals surface area contributed by atoms with Crippen molar-refractivity contribution < 1.29 is 0 Å². The van der Waals surface area contributed by atoms with Crippen molar-refractivity contribution in [1.82, 2.24) is 28.2 Å². The standard InChI is InChI=1S/C80H50N6/c1-4-20-51(21-5-1)80-81-70-31-15-10-30-65(70)79(82-80)56-44-59(85-73-34-18-13-28-63(73)68-48-54(38-42-77(68)85)52-36-40-75-66(46-52)61-26-11-16-32-71(61)83(75)57-22-6-2-7-23-57)50-60(45-56)86-74-35-19-14-29-64(74)69-49-55(39-43-78(69)86)53-37-41-76-67(47-53)62-27-12-17-33-72(62)84(76)58-24-8-3-9-25-58/h1-50H. The zero-order chi connectivity index (χ0) is 56.4. The zero-order valence-corrected chi connectivity index (χ0v) is 46.6. The maximum absolute atomic E-state index is 5.51. The van der Waals surface area contributed by atoms with Crippen LogP contribution in [0.25, 0.3) is 166 Å². The van der Waals surface area contributed by atoms with Crippen LogP contribution in [0, 0.1) is 0 Å². The molecule has 6 heteroatoms. The summed E-state index contributed by atoms with van der Waals surface area (Å²) < 4.78 is 9.67. The Morgan fingerprint density at radius 2 is 0.500 bits per heavy atom. The Labute approximate surface area is 494 Å². The van der Waals surface area contributed by atoms with Crippen molar-refractivity contribution in [2.45, 2.75) is 0 Å². The normalized spacial score (nSPS) is 12.0. The van der Waals surface area contributed by atoms with E-state index in [1.54, 1.807) is 0 Å². The number of hydrogen-bond donors (Lipinski definition) is 0. The number of rotatable bonds is 8. The molecule has 0 atom stereocenters. The van der Waals surface area contributed by atoms with Gasteiger partial charge in [-0.15, -0.1) is 0 Å². The van der Waals surface area contributed by atoms with Gasteiger partial charge >= 0.3 is 0 Å². The molecule has 0 unspecified atom stereocenters. The van der Waals surface area contributed by atoms with Crippen molar-refractivity contribution in [2.75, 3.05) is 0 Å². The summed E-state index contributed by atoms with van der Waals surface area (Å²) >= 11 is 0. The van der Waals surface area contributed by atoms with Gasteiger partial charge in [0.15, 0.2) is 5.82 Å². The summed E-state index contributed by atoms with van der Waals surface area (Å²) in [4.78, 5) is 10.7. The lowest BCUT2D eigenvalue weighted by Crippen LogP contribution is -2.01. The fraction of sp³-hybridized carbons (Fsp3) is 0. The molecule has 18 aromatic rings. The Bertz CT molecular complexity index is 5470. The van der Waals surface area contributed by atoms with Gasteiger partial charge in [0.2, 0.25) is 0 Å². The third-order valence-electron chi connectivity index (χ3n) is 17.7. The molecular weight excluding hydrogens is 1040 g/mol.